The number of hydrogen-bond acceptors (Lipinski definition) is 5. The molecule has 21 heavy (non-hydrogen) atoms. The molecule has 6 heteroatoms. The standard InChI is InChI=1S/C15H23N5O/c1-11-2-5-13(14(16)18-21)15(17-11)20-8-6-19(7-9-20)10-12-3-4-12/h2,5,12,21H,3-4,6-10H2,1H3,(H2,16,18). The second-order valence-corrected chi connectivity index (χ2v) is 6.04. The molecular weight excluding hydrogens is 266 g/mol. The van der Waals surface area contributed by atoms with Crippen LogP contribution in [-0.2, 0) is 0 Å². The first-order valence-corrected chi connectivity index (χ1v) is 7.60. The van der Waals surface area contributed by atoms with Crippen molar-refractivity contribution in [2.45, 2.75) is 19.8 Å². The zero-order valence-electron chi connectivity index (χ0n) is 12.5. The molecule has 0 atom stereocenters. The maximum atomic E-state index is 8.94. The zero-order chi connectivity index (χ0) is 14.8. The predicted molar refractivity (Wildman–Crippen MR) is 82.9 cm³/mol. The lowest BCUT2D eigenvalue weighted by molar-refractivity contribution is 0.247. The SMILES string of the molecule is Cc1ccc(C(N)=NO)c(N2CCN(CC3CC3)CC2)n1. The summed E-state index contributed by atoms with van der Waals surface area (Å²) in [5, 5.41) is 12.1. The topological polar surface area (TPSA) is 78.0 Å². The second kappa shape index (κ2) is 5.89. The van der Waals surface area contributed by atoms with Gasteiger partial charge in [0.15, 0.2) is 5.84 Å². The van der Waals surface area contributed by atoms with Crippen molar-refractivity contribution >= 4 is 11.7 Å². The Morgan fingerprint density at radius 1 is 1.33 bits per heavy atom. The Morgan fingerprint density at radius 3 is 2.67 bits per heavy atom. The largest absolute Gasteiger partial charge is 0.409 e. The molecule has 1 saturated carbocycles. The highest BCUT2D eigenvalue weighted by Gasteiger charge is 2.27. The van der Waals surface area contributed by atoms with Crippen LogP contribution in [0.1, 0.15) is 24.1 Å². The fourth-order valence-electron chi connectivity index (χ4n) is 2.85. The molecule has 1 aliphatic heterocycles. The average molecular weight is 289 g/mol. The average Bonchev–Trinajstić information content (AvgIpc) is 3.31. The fraction of sp³-hybridized carbons (Fsp3) is 0.600. The summed E-state index contributed by atoms with van der Waals surface area (Å²) in [6.45, 7) is 7.19. The molecule has 1 aromatic heterocycles. The van der Waals surface area contributed by atoms with Crippen molar-refractivity contribution in [3.05, 3.63) is 23.4 Å². The zero-order valence-corrected chi connectivity index (χ0v) is 12.5. The fourth-order valence-corrected chi connectivity index (χ4v) is 2.85. The van der Waals surface area contributed by atoms with Crippen molar-refractivity contribution in [1.82, 2.24) is 9.88 Å². The number of oxime groups is 1. The second-order valence-electron chi connectivity index (χ2n) is 6.04. The first kappa shape index (κ1) is 14.1. The van der Waals surface area contributed by atoms with Gasteiger partial charge in [0.1, 0.15) is 5.82 Å². The van der Waals surface area contributed by atoms with Gasteiger partial charge >= 0.3 is 0 Å². The third-order valence-corrected chi connectivity index (χ3v) is 4.28. The minimum atomic E-state index is 0.123. The van der Waals surface area contributed by atoms with E-state index in [1.54, 1.807) is 0 Å². The summed E-state index contributed by atoms with van der Waals surface area (Å²) < 4.78 is 0. The van der Waals surface area contributed by atoms with E-state index < -0.39 is 0 Å². The summed E-state index contributed by atoms with van der Waals surface area (Å²) in [5.41, 5.74) is 7.43. The predicted octanol–water partition coefficient (Wildman–Crippen LogP) is 1.02. The van der Waals surface area contributed by atoms with Crippen molar-refractivity contribution in [1.29, 1.82) is 0 Å². The minimum absolute atomic E-state index is 0.123. The first-order chi connectivity index (χ1) is 10.2. The lowest BCUT2D eigenvalue weighted by Gasteiger charge is -2.36. The molecule has 0 bridgehead atoms. The van der Waals surface area contributed by atoms with E-state index in [1.165, 1.54) is 19.4 Å². The number of nitrogens with two attached hydrogens (primary N) is 1. The molecule has 3 N–H and O–H groups in total. The monoisotopic (exact) mass is 289 g/mol. The molecule has 0 radical (unpaired) electrons. The summed E-state index contributed by atoms with van der Waals surface area (Å²) in [6, 6.07) is 3.77. The van der Waals surface area contributed by atoms with Crippen LogP contribution in [0.3, 0.4) is 0 Å². The minimum Gasteiger partial charge on any atom is -0.409 e. The number of amidine groups is 1. The number of hydrogen-bond donors (Lipinski definition) is 2. The van der Waals surface area contributed by atoms with Crippen LogP contribution in [0.2, 0.25) is 0 Å². The molecule has 0 spiro atoms. The van der Waals surface area contributed by atoms with Gasteiger partial charge in [-0.1, -0.05) is 5.16 Å². The quantitative estimate of drug-likeness (QED) is 0.374. The third-order valence-electron chi connectivity index (χ3n) is 4.28. The van der Waals surface area contributed by atoms with Crippen LogP contribution in [0, 0.1) is 12.8 Å². The molecular formula is C15H23N5O. The number of aryl methyl sites for hydroxylation is 1. The highest BCUT2D eigenvalue weighted by atomic mass is 16.4. The summed E-state index contributed by atoms with van der Waals surface area (Å²) in [5.74, 6) is 1.88. The molecule has 6 nitrogen and oxygen atoms in total. The molecule has 1 aromatic rings. The van der Waals surface area contributed by atoms with Gasteiger partial charge in [0.2, 0.25) is 0 Å². The molecule has 0 aromatic carbocycles. The van der Waals surface area contributed by atoms with E-state index in [9.17, 15) is 0 Å². The Morgan fingerprint density at radius 2 is 2.05 bits per heavy atom. The summed E-state index contributed by atoms with van der Waals surface area (Å²) in [6.07, 6.45) is 2.79. The van der Waals surface area contributed by atoms with Crippen molar-refractivity contribution in [2.24, 2.45) is 16.8 Å². The molecule has 2 fully saturated rings. The highest BCUT2D eigenvalue weighted by molar-refractivity contribution is 6.01. The Balaban J connectivity index is 1.73. The van der Waals surface area contributed by atoms with Crippen LogP contribution < -0.4 is 10.6 Å². The molecule has 3 rings (SSSR count). The molecule has 2 aliphatic rings. The number of rotatable bonds is 4. The molecule has 114 valence electrons. The van der Waals surface area contributed by atoms with Gasteiger partial charge in [-0.05, 0) is 37.8 Å². The smallest absolute Gasteiger partial charge is 0.173 e. The molecule has 2 heterocycles. The summed E-state index contributed by atoms with van der Waals surface area (Å²) in [7, 11) is 0. The highest BCUT2D eigenvalue weighted by Crippen LogP contribution is 2.30. The van der Waals surface area contributed by atoms with Crippen LogP contribution in [0.25, 0.3) is 0 Å². The van der Waals surface area contributed by atoms with Crippen molar-refractivity contribution in [3.8, 4) is 0 Å². The summed E-state index contributed by atoms with van der Waals surface area (Å²) >= 11 is 0. The molecule has 0 amide bonds. The Bertz CT molecular complexity index is 533. The van der Waals surface area contributed by atoms with Crippen LogP contribution in [0.4, 0.5) is 5.82 Å². The van der Waals surface area contributed by atoms with Gasteiger partial charge in [0.05, 0.1) is 5.56 Å². The van der Waals surface area contributed by atoms with Gasteiger partial charge < -0.3 is 15.8 Å². The number of nitrogens with zero attached hydrogens (tertiary/aromatic N) is 4. The maximum absolute atomic E-state index is 8.94. The molecule has 0 unspecified atom stereocenters. The Hall–Kier alpha value is -1.82. The van der Waals surface area contributed by atoms with Gasteiger partial charge in [0, 0.05) is 38.4 Å². The van der Waals surface area contributed by atoms with Crippen LogP contribution in [0.5, 0.6) is 0 Å². The summed E-state index contributed by atoms with van der Waals surface area (Å²) in [4.78, 5) is 9.37. The number of piperazine rings is 1. The van der Waals surface area contributed by atoms with E-state index in [0.717, 1.165) is 43.6 Å². The third kappa shape index (κ3) is 3.26. The number of aromatic nitrogens is 1. The van der Waals surface area contributed by atoms with Gasteiger partial charge in [-0.15, -0.1) is 0 Å². The van der Waals surface area contributed by atoms with Crippen LogP contribution >= 0.6 is 0 Å². The Kier molecular flexibility index (Phi) is 3.96. The van der Waals surface area contributed by atoms with E-state index in [-0.39, 0.29) is 5.84 Å². The first-order valence-electron chi connectivity index (χ1n) is 7.60. The lowest BCUT2D eigenvalue weighted by Crippen LogP contribution is -2.47. The van der Waals surface area contributed by atoms with E-state index in [4.69, 9.17) is 10.9 Å². The number of anilines is 1. The normalized spacial score (nSPS) is 20.8. The van der Waals surface area contributed by atoms with E-state index in [2.05, 4.69) is 19.9 Å². The Labute approximate surface area is 125 Å². The van der Waals surface area contributed by atoms with E-state index in [0.29, 0.717) is 5.56 Å². The van der Waals surface area contributed by atoms with Gasteiger partial charge in [0.25, 0.3) is 0 Å². The van der Waals surface area contributed by atoms with Crippen molar-refractivity contribution < 1.29 is 5.21 Å². The molecule has 1 aliphatic carbocycles. The van der Waals surface area contributed by atoms with Crippen LogP contribution in [0.15, 0.2) is 17.3 Å². The van der Waals surface area contributed by atoms with Crippen molar-refractivity contribution in [2.75, 3.05) is 37.6 Å². The van der Waals surface area contributed by atoms with E-state index in [1.807, 2.05) is 19.1 Å². The van der Waals surface area contributed by atoms with Gasteiger partial charge in [-0.3, -0.25) is 4.90 Å². The van der Waals surface area contributed by atoms with Crippen molar-refractivity contribution in [3.63, 3.8) is 0 Å². The van der Waals surface area contributed by atoms with Gasteiger partial charge in [-0.2, -0.15) is 0 Å². The van der Waals surface area contributed by atoms with Gasteiger partial charge in [-0.25, -0.2) is 4.98 Å². The lowest BCUT2D eigenvalue weighted by atomic mass is 10.2. The maximum Gasteiger partial charge on any atom is 0.173 e. The van der Waals surface area contributed by atoms with Crippen LogP contribution in [-0.4, -0.2) is 53.7 Å². The van der Waals surface area contributed by atoms with E-state index >= 15 is 0 Å². The molecule has 1 saturated heterocycles. The number of pyridine rings is 1.